The lowest BCUT2D eigenvalue weighted by Gasteiger charge is -2.01. The van der Waals surface area contributed by atoms with Crippen LogP contribution in [0.25, 0.3) is 0 Å². The molecule has 3 fully saturated rings. The van der Waals surface area contributed by atoms with Crippen LogP contribution in [0, 0.1) is 23.7 Å². The Bertz CT molecular complexity index is 201. The molecule has 68 valence electrons. The molecule has 0 heterocycles. The second-order valence-electron chi connectivity index (χ2n) is 4.25. The Labute approximate surface area is 91.5 Å². The molecule has 0 radical (unpaired) electrons. The van der Waals surface area contributed by atoms with Gasteiger partial charge in [-0.1, -0.05) is 0 Å². The average Bonchev–Trinajstić information content (AvgIpc) is 2.72. The molecule has 3 rings (SSSR count). The SMILES string of the molecule is ClC1(Cl)[C@@H]2C[C@H]3[C@@H](C[C@@H]21)C3(Cl)Cl. The van der Waals surface area contributed by atoms with Crippen LogP contribution < -0.4 is 0 Å². The first-order chi connectivity index (χ1) is 5.45. The first-order valence-electron chi connectivity index (χ1n) is 4.21. The number of fused-ring (bicyclic) bond motifs is 2. The summed E-state index contributed by atoms with van der Waals surface area (Å²) >= 11 is 24.3. The fourth-order valence-electron chi connectivity index (χ4n) is 2.75. The highest BCUT2D eigenvalue weighted by Gasteiger charge is 2.76. The predicted molar refractivity (Wildman–Crippen MR) is 52.1 cm³/mol. The smallest absolute Gasteiger partial charge is 0.101 e. The van der Waals surface area contributed by atoms with Gasteiger partial charge in [0, 0.05) is 0 Å². The zero-order chi connectivity index (χ0) is 8.72. The van der Waals surface area contributed by atoms with Crippen molar-refractivity contribution >= 4 is 46.4 Å². The standard InChI is InChI=1S/C8H8Cl4/c9-7(10)3-1-4-6(2-5(3)7)8(4,11)12/h3-6H,1-2H2/t3-,4+,5+,6-. The summed E-state index contributed by atoms with van der Waals surface area (Å²) in [5.41, 5.74) is 0. The number of alkyl halides is 4. The third-order valence-electron chi connectivity index (χ3n) is 3.75. The van der Waals surface area contributed by atoms with Crippen LogP contribution in [0.15, 0.2) is 0 Å². The molecule has 0 amide bonds. The van der Waals surface area contributed by atoms with Gasteiger partial charge < -0.3 is 0 Å². The summed E-state index contributed by atoms with van der Waals surface area (Å²) in [5.74, 6) is 1.84. The summed E-state index contributed by atoms with van der Waals surface area (Å²) in [6.45, 7) is 0. The monoisotopic (exact) mass is 244 g/mol. The number of hydrogen-bond acceptors (Lipinski definition) is 0. The van der Waals surface area contributed by atoms with Gasteiger partial charge in [-0.3, -0.25) is 0 Å². The van der Waals surface area contributed by atoms with E-state index in [1.165, 1.54) is 0 Å². The summed E-state index contributed by atoms with van der Waals surface area (Å²) in [6, 6.07) is 0. The summed E-state index contributed by atoms with van der Waals surface area (Å²) in [4.78, 5) is 0. The minimum atomic E-state index is -0.447. The lowest BCUT2D eigenvalue weighted by Crippen LogP contribution is -1.96. The normalized spacial score (nSPS) is 57.0. The largest absolute Gasteiger partial charge is 0.124 e. The van der Waals surface area contributed by atoms with E-state index in [-0.39, 0.29) is 0 Å². The highest BCUT2D eigenvalue weighted by molar-refractivity contribution is 6.52. The van der Waals surface area contributed by atoms with Crippen molar-refractivity contribution in [1.29, 1.82) is 0 Å². The van der Waals surface area contributed by atoms with E-state index in [9.17, 15) is 0 Å². The maximum Gasteiger partial charge on any atom is 0.124 e. The van der Waals surface area contributed by atoms with E-state index in [0.717, 1.165) is 12.8 Å². The molecule has 0 bridgehead atoms. The summed E-state index contributed by atoms with van der Waals surface area (Å²) < 4.78 is -0.894. The molecule has 0 aliphatic heterocycles. The van der Waals surface area contributed by atoms with E-state index in [1.54, 1.807) is 0 Å². The number of hydrogen-bond donors (Lipinski definition) is 0. The Hall–Kier alpha value is 1.16. The van der Waals surface area contributed by atoms with Gasteiger partial charge in [0.15, 0.2) is 0 Å². The Morgan fingerprint density at radius 2 is 0.917 bits per heavy atom. The molecule has 3 aliphatic carbocycles. The fraction of sp³-hybridized carbons (Fsp3) is 1.00. The molecule has 0 aromatic heterocycles. The van der Waals surface area contributed by atoms with Crippen LogP contribution in [0.5, 0.6) is 0 Å². The van der Waals surface area contributed by atoms with Gasteiger partial charge in [0.1, 0.15) is 8.67 Å². The van der Waals surface area contributed by atoms with Gasteiger partial charge in [0.2, 0.25) is 0 Å². The molecule has 0 saturated heterocycles. The van der Waals surface area contributed by atoms with Gasteiger partial charge in [-0.05, 0) is 36.5 Å². The zero-order valence-corrected chi connectivity index (χ0v) is 9.26. The third kappa shape index (κ3) is 0.834. The van der Waals surface area contributed by atoms with E-state index in [2.05, 4.69) is 0 Å². The van der Waals surface area contributed by atoms with E-state index in [0.29, 0.717) is 23.7 Å². The molecular weight excluding hydrogens is 238 g/mol. The fourth-order valence-corrected chi connectivity index (χ4v) is 4.43. The average molecular weight is 246 g/mol. The molecule has 12 heavy (non-hydrogen) atoms. The summed E-state index contributed by atoms with van der Waals surface area (Å²) in [6.07, 6.45) is 2.05. The van der Waals surface area contributed by atoms with Crippen molar-refractivity contribution in [1.82, 2.24) is 0 Å². The molecule has 0 nitrogen and oxygen atoms in total. The second-order valence-corrected chi connectivity index (χ2v) is 7.14. The van der Waals surface area contributed by atoms with Crippen LogP contribution in [-0.2, 0) is 0 Å². The van der Waals surface area contributed by atoms with Crippen LogP contribution in [-0.4, -0.2) is 8.67 Å². The molecule has 0 unspecified atom stereocenters. The van der Waals surface area contributed by atoms with Gasteiger partial charge in [0.05, 0.1) is 0 Å². The quantitative estimate of drug-likeness (QED) is 0.572. The minimum absolute atomic E-state index is 0.447. The topological polar surface area (TPSA) is 0 Å². The molecular formula is C8H8Cl4. The minimum Gasteiger partial charge on any atom is -0.101 e. The molecule has 0 spiro atoms. The number of rotatable bonds is 0. The van der Waals surface area contributed by atoms with Gasteiger partial charge in [0.25, 0.3) is 0 Å². The van der Waals surface area contributed by atoms with Crippen LogP contribution >= 0.6 is 46.4 Å². The van der Waals surface area contributed by atoms with Gasteiger partial charge in [-0.25, -0.2) is 0 Å². The third-order valence-corrected chi connectivity index (χ3v) is 5.99. The van der Waals surface area contributed by atoms with Crippen molar-refractivity contribution in [3.63, 3.8) is 0 Å². The van der Waals surface area contributed by atoms with Crippen molar-refractivity contribution in [2.75, 3.05) is 0 Å². The van der Waals surface area contributed by atoms with E-state index in [1.807, 2.05) is 0 Å². The van der Waals surface area contributed by atoms with E-state index in [4.69, 9.17) is 46.4 Å². The zero-order valence-electron chi connectivity index (χ0n) is 6.24. The Kier molecular flexibility index (Phi) is 1.45. The van der Waals surface area contributed by atoms with Crippen LogP contribution in [0.3, 0.4) is 0 Å². The summed E-state index contributed by atoms with van der Waals surface area (Å²) in [5, 5.41) is 0. The van der Waals surface area contributed by atoms with Gasteiger partial charge in [-0.2, -0.15) is 0 Å². The molecule has 3 saturated carbocycles. The van der Waals surface area contributed by atoms with Crippen molar-refractivity contribution in [2.45, 2.75) is 21.5 Å². The molecule has 4 atom stereocenters. The highest BCUT2D eigenvalue weighted by Crippen LogP contribution is 2.77. The molecule has 0 aromatic rings. The first-order valence-corrected chi connectivity index (χ1v) is 5.72. The highest BCUT2D eigenvalue weighted by atomic mass is 35.5. The summed E-state index contributed by atoms with van der Waals surface area (Å²) in [7, 11) is 0. The lowest BCUT2D eigenvalue weighted by atomic mass is 10.0. The van der Waals surface area contributed by atoms with Gasteiger partial charge in [-0.15, -0.1) is 46.4 Å². The van der Waals surface area contributed by atoms with Gasteiger partial charge >= 0.3 is 0 Å². The van der Waals surface area contributed by atoms with Crippen molar-refractivity contribution in [2.24, 2.45) is 23.7 Å². The maximum absolute atomic E-state index is 6.07. The molecule has 0 N–H and O–H groups in total. The van der Waals surface area contributed by atoms with Crippen molar-refractivity contribution < 1.29 is 0 Å². The van der Waals surface area contributed by atoms with E-state index < -0.39 is 8.67 Å². The first kappa shape index (κ1) is 8.47. The van der Waals surface area contributed by atoms with Crippen LogP contribution in [0.2, 0.25) is 0 Å². The molecule has 0 aromatic carbocycles. The molecule has 4 heteroatoms. The molecule has 3 aliphatic rings. The predicted octanol–water partition coefficient (Wildman–Crippen LogP) is 3.62. The van der Waals surface area contributed by atoms with Crippen LogP contribution in [0.1, 0.15) is 12.8 Å². The van der Waals surface area contributed by atoms with E-state index >= 15 is 0 Å². The second kappa shape index (κ2) is 2.05. The lowest BCUT2D eigenvalue weighted by molar-refractivity contribution is 0.457. The Morgan fingerprint density at radius 1 is 0.667 bits per heavy atom. The number of halogens is 4. The van der Waals surface area contributed by atoms with Crippen molar-refractivity contribution in [3.05, 3.63) is 0 Å². The van der Waals surface area contributed by atoms with Crippen LogP contribution in [0.4, 0.5) is 0 Å². The Balaban J connectivity index is 1.80. The Morgan fingerprint density at radius 3 is 1.17 bits per heavy atom. The maximum atomic E-state index is 6.07. The van der Waals surface area contributed by atoms with Crippen molar-refractivity contribution in [3.8, 4) is 0 Å².